The van der Waals surface area contributed by atoms with Crippen molar-refractivity contribution in [1.82, 2.24) is 19.7 Å². The minimum Gasteiger partial charge on any atom is -0.364 e. The summed E-state index contributed by atoms with van der Waals surface area (Å²) in [6.45, 7) is 0.280. The predicted molar refractivity (Wildman–Crippen MR) is 104 cm³/mol. The first-order chi connectivity index (χ1) is 12.7. The highest BCUT2D eigenvalue weighted by Gasteiger charge is 2.09. The van der Waals surface area contributed by atoms with Crippen LogP contribution in [-0.2, 0) is 24.3 Å². The van der Waals surface area contributed by atoms with E-state index in [1.807, 2.05) is 23.6 Å². The van der Waals surface area contributed by atoms with Crippen LogP contribution in [0, 0.1) is 0 Å². The lowest BCUT2D eigenvalue weighted by molar-refractivity contribution is 0.133. The summed E-state index contributed by atoms with van der Waals surface area (Å²) in [5.74, 6) is 0. The molecule has 0 unspecified atom stereocenters. The monoisotopic (exact) mass is 384 g/mol. The lowest BCUT2D eigenvalue weighted by atomic mass is 10.1. The quantitative estimate of drug-likeness (QED) is 0.510. The SMILES string of the molecule is COCn1c(=O)sc2cc(CCc3nc(-c4cccnn4)cs3)ccc21. The van der Waals surface area contributed by atoms with Gasteiger partial charge in [-0.1, -0.05) is 17.4 Å². The maximum Gasteiger partial charge on any atom is 0.310 e. The highest BCUT2D eigenvalue weighted by atomic mass is 32.1. The molecule has 4 rings (SSSR count). The molecule has 1 aromatic carbocycles. The van der Waals surface area contributed by atoms with Crippen LogP contribution in [0.1, 0.15) is 10.6 Å². The fourth-order valence-electron chi connectivity index (χ4n) is 2.75. The molecule has 132 valence electrons. The normalized spacial score (nSPS) is 11.3. The Balaban J connectivity index is 1.50. The molecule has 0 aliphatic heterocycles. The molecule has 3 heterocycles. The Labute approximate surface area is 157 Å². The lowest BCUT2D eigenvalue weighted by Crippen LogP contribution is -2.13. The summed E-state index contributed by atoms with van der Waals surface area (Å²) in [7, 11) is 1.59. The second-order valence-corrected chi connectivity index (χ2v) is 7.69. The maximum absolute atomic E-state index is 12.0. The van der Waals surface area contributed by atoms with Crippen LogP contribution in [0.5, 0.6) is 0 Å². The van der Waals surface area contributed by atoms with Gasteiger partial charge in [0.05, 0.1) is 15.2 Å². The van der Waals surface area contributed by atoms with E-state index in [0.717, 1.165) is 39.5 Å². The molecule has 0 aliphatic carbocycles. The summed E-state index contributed by atoms with van der Waals surface area (Å²) >= 11 is 2.89. The van der Waals surface area contributed by atoms with Gasteiger partial charge in [0.2, 0.25) is 0 Å². The molecule has 26 heavy (non-hydrogen) atoms. The topological polar surface area (TPSA) is 69.9 Å². The third kappa shape index (κ3) is 3.44. The smallest absolute Gasteiger partial charge is 0.310 e. The standard InChI is InChI=1S/C18H16N4O2S2/c1-24-11-22-15-6-4-12(9-16(15)26-18(22)23)5-7-17-20-14(10-25-17)13-3-2-8-19-21-13/h2-4,6,8-10H,5,7,11H2,1H3. The molecule has 8 heteroatoms. The number of hydrogen-bond acceptors (Lipinski definition) is 7. The van der Waals surface area contributed by atoms with Gasteiger partial charge in [-0.2, -0.15) is 5.10 Å². The zero-order chi connectivity index (χ0) is 17.9. The molecule has 0 aliphatic rings. The molecule has 3 aromatic heterocycles. The van der Waals surface area contributed by atoms with E-state index in [1.165, 1.54) is 16.9 Å². The molecule has 0 fully saturated rings. The van der Waals surface area contributed by atoms with E-state index in [1.54, 1.807) is 29.2 Å². The molecular weight excluding hydrogens is 368 g/mol. The van der Waals surface area contributed by atoms with Crippen molar-refractivity contribution >= 4 is 32.9 Å². The van der Waals surface area contributed by atoms with Crippen molar-refractivity contribution in [2.45, 2.75) is 19.6 Å². The third-order valence-electron chi connectivity index (χ3n) is 4.00. The Kier molecular flexibility index (Phi) is 4.87. The van der Waals surface area contributed by atoms with Crippen molar-refractivity contribution in [3.63, 3.8) is 0 Å². The zero-order valence-electron chi connectivity index (χ0n) is 14.1. The van der Waals surface area contributed by atoms with Gasteiger partial charge in [0.1, 0.15) is 18.1 Å². The van der Waals surface area contributed by atoms with Gasteiger partial charge in [-0.3, -0.25) is 9.36 Å². The number of rotatable bonds is 6. The molecule has 0 saturated heterocycles. The summed E-state index contributed by atoms with van der Waals surface area (Å²) in [6, 6.07) is 9.92. The third-order valence-corrected chi connectivity index (χ3v) is 5.86. The number of benzene rings is 1. The number of hydrogen-bond donors (Lipinski definition) is 0. The predicted octanol–water partition coefficient (Wildman–Crippen LogP) is 3.37. The van der Waals surface area contributed by atoms with Crippen molar-refractivity contribution in [2.24, 2.45) is 0 Å². The summed E-state index contributed by atoms with van der Waals surface area (Å²) in [6.07, 6.45) is 3.38. The fraction of sp³-hybridized carbons (Fsp3) is 0.222. The average Bonchev–Trinajstić information content (AvgIpc) is 3.26. The Morgan fingerprint density at radius 3 is 2.92 bits per heavy atom. The number of nitrogens with zero attached hydrogens (tertiary/aromatic N) is 4. The van der Waals surface area contributed by atoms with Gasteiger partial charge in [-0.05, 0) is 36.2 Å². The molecule has 0 spiro atoms. The van der Waals surface area contributed by atoms with Crippen LogP contribution in [0.4, 0.5) is 0 Å². The van der Waals surface area contributed by atoms with Gasteiger partial charge >= 0.3 is 4.87 Å². The van der Waals surface area contributed by atoms with Crippen LogP contribution in [0.15, 0.2) is 46.7 Å². The molecule has 0 amide bonds. The number of fused-ring (bicyclic) bond motifs is 1. The highest BCUT2D eigenvalue weighted by molar-refractivity contribution is 7.16. The number of ether oxygens (including phenoxy) is 1. The minimum atomic E-state index is 0.00698. The molecule has 0 N–H and O–H groups in total. The van der Waals surface area contributed by atoms with Crippen LogP contribution in [0.3, 0.4) is 0 Å². The van der Waals surface area contributed by atoms with E-state index in [2.05, 4.69) is 27.3 Å². The van der Waals surface area contributed by atoms with Crippen LogP contribution in [-0.4, -0.2) is 26.9 Å². The molecule has 0 saturated carbocycles. The van der Waals surface area contributed by atoms with Gasteiger partial charge in [-0.15, -0.1) is 16.4 Å². The van der Waals surface area contributed by atoms with E-state index < -0.39 is 0 Å². The molecule has 4 aromatic rings. The largest absolute Gasteiger partial charge is 0.364 e. The van der Waals surface area contributed by atoms with Crippen LogP contribution in [0.2, 0.25) is 0 Å². The number of methoxy groups -OCH3 is 1. The van der Waals surface area contributed by atoms with E-state index in [0.29, 0.717) is 0 Å². The van der Waals surface area contributed by atoms with E-state index in [-0.39, 0.29) is 11.6 Å². The number of aryl methyl sites for hydroxylation is 2. The Morgan fingerprint density at radius 1 is 1.19 bits per heavy atom. The fourth-order valence-corrected chi connectivity index (χ4v) is 4.48. The Hall–Kier alpha value is -2.42. The lowest BCUT2D eigenvalue weighted by Gasteiger charge is -2.03. The summed E-state index contributed by atoms with van der Waals surface area (Å²) in [4.78, 5) is 16.7. The molecule has 0 radical (unpaired) electrons. The number of aromatic nitrogens is 4. The summed E-state index contributed by atoms with van der Waals surface area (Å²) in [5, 5.41) is 11.1. The molecule has 0 atom stereocenters. The van der Waals surface area contributed by atoms with Gasteiger partial charge in [0.15, 0.2) is 0 Å². The summed E-state index contributed by atoms with van der Waals surface area (Å²) in [5.41, 5.74) is 3.77. The Morgan fingerprint density at radius 2 is 2.12 bits per heavy atom. The minimum absolute atomic E-state index is 0.00698. The van der Waals surface area contributed by atoms with Crippen molar-refractivity contribution < 1.29 is 4.74 Å². The van der Waals surface area contributed by atoms with Crippen LogP contribution in [0.25, 0.3) is 21.6 Å². The average molecular weight is 384 g/mol. The maximum atomic E-state index is 12.0. The van der Waals surface area contributed by atoms with Gasteiger partial charge < -0.3 is 4.74 Å². The van der Waals surface area contributed by atoms with E-state index in [4.69, 9.17) is 4.74 Å². The molecule has 6 nitrogen and oxygen atoms in total. The van der Waals surface area contributed by atoms with E-state index in [9.17, 15) is 4.79 Å². The Bertz CT molecular complexity index is 1090. The molecular formula is C18H16N4O2S2. The first-order valence-corrected chi connectivity index (χ1v) is 9.78. The molecule has 0 bridgehead atoms. The van der Waals surface area contributed by atoms with Crippen LogP contribution < -0.4 is 4.87 Å². The van der Waals surface area contributed by atoms with Crippen LogP contribution >= 0.6 is 22.7 Å². The van der Waals surface area contributed by atoms with Gasteiger partial charge in [0, 0.05) is 25.1 Å². The van der Waals surface area contributed by atoms with Gasteiger partial charge in [-0.25, -0.2) is 4.98 Å². The first kappa shape index (κ1) is 17.0. The first-order valence-electron chi connectivity index (χ1n) is 8.08. The van der Waals surface area contributed by atoms with Crippen molar-refractivity contribution in [1.29, 1.82) is 0 Å². The highest BCUT2D eigenvalue weighted by Crippen LogP contribution is 2.23. The zero-order valence-corrected chi connectivity index (χ0v) is 15.7. The van der Waals surface area contributed by atoms with Gasteiger partial charge in [0.25, 0.3) is 0 Å². The number of thiazole rings is 2. The van der Waals surface area contributed by atoms with E-state index >= 15 is 0 Å². The van der Waals surface area contributed by atoms with Crippen molar-refractivity contribution in [2.75, 3.05) is 7.11 Å². The summed E-state index contributed by atoms with van der Waals surface area (Å²) < 4.78 is 7.74. The van der Waals surface area contributed by atoms with Crippen molar-refractivity contribution in [3.8, 4) is 11.4 Å². The second kappa shape index (κ2) is 7.45. The van der Waals surface area contributed by atoms with Crippen molar-refractivity contribution in [3.05, 3.63) is 62.1 Å². The second-order valence-electron chi connectivity index (χ2n) is 5.75.